The molecule has 0 saturated carbocycles. The highest BCUT2D eigenvalue weighted by Crippen LogP contribution is 2.17. The van der Waals surface area contributed by atoms with Crippen LogP contribution in [0.3, 0.4) is 0 Å². The van der Waals surface area contributed by atoms with Crippen molar-refractivity contribution in [2.45, 2.75) is 45.3 Å². The Morgan fingerprint density at radius 2 is 1.89 bits per heavy atom. The third-order valence-corrected chi connectivity index (χ3v) is 3.73. The molecule has 0 aliphatic rings. The largest absolute Gasteiger partial charge is 0.444 e. The quantitative estimate of drug-likeness (QED) is 0.780. The highest BCUT2D eigenvalue weighted by atomic mass is 16.6. The van der Waals surface area contributed by atoms with Crippen LogP contribution in [0.15, 0.2) is 54.6 Å². The van der Waals surface area contributed by atoms with Crippen molar-refractivity contribution in [3.05, 3.63) is 71.3 Å². The molecule has 0 bridgehead atoms. The van der Waals surface area contributed by atoms with Crippen LogP contribution in [0, 0.1) is 11.8 Å². The fourth-order valence-corrected chi connectivity index (χ4v) is 2.46. The predicted molar refractivity (Wildman–Crippen MR) is 107 cm³/mol. The Hall–Kier alpha value is -2.77. The van der Waals surface area contributed by atoms with Crippen LogP contribution in [0.25, 0.3) is 0 Å². The normalized spacial score (nSPS) is 11.9. The van der Waals surface area contributed by atoms with Gasteiger partial charge in [0, 0.05) is 18.5 Å². The molecule has 1 atom stereocenters. The number of carbonyl (C=O) groups is 1. The van der Waals surface area contributed by atoms with Gasteiger partial charge in [-0.15, -0.1) is 0 Å². The van der Waals surface area contributed by atoms with Gasteiger partial charge >= 0.3 is 6.09 Å². The lowest BCUT2D eigenvalue weighted by molar-refractivity contribution is 0.0518. The molecule has 0 radical (unpaired) electrons. The predicted octanol–water partition coefficient (Wildman–Crippen LogP) is 4.23. The van der Waals surface area contributed by atoms with Crippen LogP contribution in [0.2, 0.25) is 0 Å². The van der Waals surface area contributed by atoms with Gasteiger partial charge in [0.05, 0.1) is 6.10 Å². The molecule has 2 rings (SSSR count). The number of aliphatic hydroxyl groups excluding tert-OH is 1. The number of ether oxygens (including phenoxy) is 1. The number of benzene rings is 2. The summed E-state index contributed by atoms with van der Waals surface area (Å²) in [5.41, 5.74) is 2.29. The standard InChI is InChI=1S/C23H27NO3/c1-23(2,3)27-22(26)24-16-15-21(25)20-14-8-13-19(17-20)12-7-11-18-9-5-4-6-10-18/h4-6,8-10,13-14,17,21,25H,11,15-16H2,1-3H3,(H,24,26). The van der Waals surface area contributed by atoms with Crippen LogP contribution in [0.4, 0.5) is 4.79 Å². The van der Waals surface area contributed by atoms with E-state index in [0.717, 1.165) is 11.1 Å². The lowest BCUT2D eigenvalue weighted by atomic mass is 10.0. The van der Waals surface area contributed by atoms with E-state index in [-0.39, 0.29) is 0 Å². The Morgan fingerprint density at radius 3 is 2.59 bits per heavy atom. The SMILES string of the molecule is CC(C)(C)OC(=O)NCCC(O)c1cccc(C#CCc2ccccc2)c1. The topological polar surface area (TPSA) is 58.6 Å². The van der Waals surface area contributed by atoms with Gasteiger partial charge in [-0.2, -0.15) is 0 Å². The van der Waals surface area contributed by atoms with E-state index in [1.54, 1.807) is 0 Å². The molecule has 2 aromatic rings. The summed E-state index contributed by atoms with van der Waals surface area (Å²) in [7, 11) is 0. The van der Waals surface area contributed by atoms with Crippen LogP contribution in [-0.2, 0) is 11.2 Å². The molecule has 0 aliphatic carbocycles. The molecule has 142 valence electrons. The first kappa shape index (κ1) is 20.5. The van der Waals surface area contributed by atoms with Crippen molar-refractivity contribution in [2.75, 3.05) is 6.54 Å². The summed E-state index contributed by atoms with van der Waals surface area (Å²) in [6, 6.07) is 17.6. The summed E-state index contributed by atoms with van der Waals surface area (Å²) in [6.07, 6.45) is -0.0563. The number of carbonyl (C=O) groups excluding carboxylic acids is 1. The smallest absolute Gasteiger partial charge is 0.407 e. The second kappa shape index (κ2) is 9.80. The number of hydrogen-bond donors (Lipinski definition) is 2. The fourth-order valence-electron chi connectivity index (χ4n) is 2.46. The second-order valence-corrected chi connectivity index (χ2v) is 7.32. The van der Waals surface area contributed by atoms with Crippen molar-refractivity contribution >= 4 is 6.09 Å². The zero-order valence-electron chi connectivity index (χ0n) is 16.2. The first-order valence-electron chi connectivity index (χ1n) is 9.11. The number of aliphatic hydroxyl groups is 1. The summed E-state index contributed by atoms with van der Waals surface area (Å²) in [6.45, 7) is 5.77. The van der Waals surface area contributed by atoms with Crippen molar-refractivity contribution in [2.24, 2.45) is 0 Å². The molecular formula is C23H27NO3. The molecular weight excluding hydrogens is 338 g/mol. The van der Waals surface area contributed by atoms with Crippen molar-refractivity contribution < 1.29 is 14.6 Å². The van der Waals surface area contributed by atoms with Gasteiger partial charge in [-0.3, -0.25) is 0 Å². The molecule has 4 nitrogen and oxygen atoms in total. The fraction of sp³-hybridized carbons (Fsp3) is 0.348. The minimum Gasteiger partial charge on any atom is -0.444 e. The highest BCUT2D eigenvalue weighted by molar-refractivity contribution is 5.67. The zero-order valence-corrected chi connectivity index (χ0v) is 16.2. The minimum atomic E-state index is -0.671. The lowest BCUT2D eigenvalue weighted by Gasteiger charge is -2.20. The Bertz CT molecular complexity index is 798. The van der Waals surface area contributed by atoms with E-state index in [4.69, 9.17) is 4.74 Å². The molecule has 4 heteroatoms. The van der Waals surface area contributed by atoms with Crippen LogP contribution in [0.5, 0.6) is 0 Å². The van der Waals surface area contributed by atoms with E-state index >= 15 is 0 Å². The number of hydrogen-bond acceptors (Lipinski definition) is 3. The first-order chi connectivity index (χ1) is 12.8. The minimum absolute atomic E-state index is 0.333. The van der Waals surface area contributed by atoms with E-state index in [2.05, 4.69) is 17.2 Å². The summed E-state index contributed by atoms with van der Waals surface area (Å²) in [5, 5.41) is 13.0. The molecule has 2 N–H and O–H groups in total. The highest BCUT2D eigenvalue weighted by Gasteiger charge is 2.16. The molecule has 27 heavy (non-hydrogen) atoms. The van der Waals surface area contributed by atoms with E-state index in [1.165, 1.54) is 5.56 Å². The average molecular weight is 365 g/mol. The number of nitrogens with one attached hydrogen (secondary N) is 1. The summed E-state index contributed by atoms with van der Waals surface area (Å²) in [5.74, 6) is 6.30. The third-order valence-electron chi connectivity index (χ3n) is 3.73. The first-order valence-corrected chi connectivity index (χ1v) is 9.11. The Labute approximate surface area is 161 Å². The molecule has 0 aromatic heterocycles. The molecule has 0 spiro atoms. The van der Waals surface area contributed by atoms with E-state index in [9.17, 15) is 9.90 Å². The number of rotatable bonds is 5. The van der Waals surface area contributed by atoms with Gasteiger partial charge in [-0.25, -0.2) is 4.79 Å². The number of amides is 1. The van der Waals surface area contributed by atoms with E-state index < -0.39 is 17.8 Å². The van der Waals surface area contributed by atoms with Gasteiger partial charge in [0.15, 0.2) is 0 Å². The molecule has 1 amide bonds. The third kappa shape index (κ3) is 7.98. The van der Waals surface area contributed by atoms with Gasteiger partial charge in [-0.05, 0) is 50.5 Å². The van der Waals surface area contributed by atoms with Crippen molar-refractivity contribution in [1.29, 1.82) is 0 Å². The molecule has 0 saturated heterocycles. The summed E-state index contributed by atoms with van der Waals surface area (Å²) in [4.78, 5) is 11.6. The van der Waals surface area contributed by atoms with Crippen LogP contribution in [-0.4, -0.2) is 23.3 Å². The summed E-state index contributed by atoms with van der Waals surface area (Å²) >= 11 is 0. The molecule has 1 unspecified atom stereocenters. The monoisotopic (exact) mass is 365 g/mol. The second-order valence-electron chi connectivity index (χ2n) is 7.32. The Kier molecular flexibility index (Phi) is 7.45. The molecule has 0 fully saturated rings. The molecule has 2 aromatic carbocycles. The number of alkyl carbamates (subject to hydrolysis) is 1. The van der Waals surface area contributed by atoms with Crippen molar-refractivity contribution in [1.82, 2.24) is 5.32 Å². The molecule has 0 heterocycles. The van der Waals surface area contributed by atoms with Gasteiger partial charge in [0.2, 0.25) is 0 Å². The lowest BCUT2D eigenvalue weighted by Crippen LogP contribution is -2.33. The van der Waals surface area contributed by atoms with E-state index in [1.807, 2.05) is 75.4 Å². The molecule has 0 aliphatic heterocycles. The Morgan fingerprint density at radius 1 is 1.15 bits per heavy atom. The maximum absolute atomic E-state index is 11.6. The Balaban J connectivity index is 1.86. The van der Waals surface area contributed by atoms with Crippen molar-refractivity contribution in [3.8, 4) is 11.8 Å². The van der Waals surface area contributed by atoms with E-state index in [0.29, 0.717) is 19.4 Å². The van der Waals surface area contributed by atoms with Gasteiger partial charge in [-0.1, -0.05) is 54.3 Å². The summed E-state index contributed by atoms with van der Waals surface area (Å²) < 4.78 is 5.18. The van der Waals surface area contributed by atoms with Gasteiger partial charge < -0.3 is 15.2 Å². The van der Waals surface area contributed by atoms with Crippen molar-refractivity contribution in [3.63, 3.8) is 0 Å². The van der Waals surface area contributed by atoms with Gasteiger partial charge in [0.25, 0.3) is 0 Å². The van der Waals surface area contributed by atoms with Crippen LogP contribution in [0.1, 0.15) is 50.0 Å². The van der Waals surface area contributed by atoms with Gasteiger partial charge in [0.1, 0.15) is 5.60 Å². The van der Waals surface area contributed by atoms with Crippen LogP contribution >= 0.6 is 0 Å². The maximum Gasteiger partial charge on any atom is 0.407 e. The maximum atomic E-state index is 11.6. The zero-order chi connectivity index (χ0) is 19.7. The van der Waals surface area contributed by atoms with Crippen LogP contribution < -0.4 is 5.32 Å². The average Bonchev–Trinajstić information content (AvgIpc) is 2.61.